The molecule has 0 radical (unpaired) electrons. The summed E-state index contributed by atoms with van der Waals surface area (Å²) in [6.07, 6.45) is 2.59. The molecule has 1 aliphatic rings. The van der Waals surface area contributed by atoms with E-state index < -0.39 is 0 Å². The molecular formula is C17H21N3O. The Morgan fingerprint density at radius 3 is 2.57 bits per heavy atom. The Bertz CT molecular complexity index is 652. The van der Waals surface area contributed by atoms with Crippen LogP contribution >= 0.6 is 0 Å². The van der Waals surface area contributed by atoms with E-state index >= 15 is 0 Å². The first-order chi connectivity index (χ1) is 9.97. The van der Waals surface area contributed by atoms with Gasteiger partial charge in [0.15, 0.2) is 0 Å². The Morgan fingerprint density at radius 1 is 1.19 bits per heavy atom. The van der Waals surface area contributed by atoms with Gasteiger partial charge in [-0.05, 0) is 26.3 Å². The van der Waals surface area contributed by atoms with E-state index in [1.807, 2.05) is 27.8 Å². The van der Waals surface area contributed by atoms with Crippen LogP contribution < -0.4 is 0 Å². The van der Waals surface area contributed by atoms with E-state index in [0.717, 1.165) is 29.8 Å². The highest BCUT2D eigenvalue weighted by atomic mass is 16.2. The summed E-state index contributed by atoms with van der Waals surface area (Å²) in [5, 5.41) is 4.43. The summed E-state index contributed by atoms with van der Waals surface area (Å²) in [6.45, 7) is 7.76. The van der Waals surface area contributed by atoms with Crippen LogP contribution in [-0.4, -0.2) is 27.1 Å². The van der Waals surface area contributed by atoms with Crippen LogP contribution in [0.1, 0.15) is 42.4 Å². The first-order valence-electron chi connectivity index (χ1n) is 7.37. The lowest BCUT2D eigenvalue weighted by molar-refractivity contribution is 0.0723. The van der Waals surface area contributed by atoms with Gasteiger partial charge in [-0.2, -0.15) is 5.10 Å². The fourth-order valence-corrected chi connectivity index (χ4v) is 2.84. The van der Waals surface area contributed by atoms with Gasteiger partial charge in [0, 0.05) is 19.5 Å². The number of fused-ring (bicyclic) bond motifs is 1. The quantitative estimate of drug-likeness (QED) is 0.850. The standard InChI is InChI=1S/C17H21N3O/c1-17(2,3)20-15-9-10-19(16(21)14(15)11-18-20)12-13-7-5-4-6-8-13/h4-8,11H,9-10,12H2,1-3H3. The number of amides is 1. The molecule has 1 aromatic heterocycles. The Morgan fingerprint density at radius 2 is 1.90 bits per heavy atom. The van der Waals surface area contributed by atoms with Crippen molar-refractivity contribution in [3.63, 3.8) is 0 Å². The largest absolute Gasteiger partial charge is 0.334 e. The highest BCUT2D eigenvalue weighted by Gasteiger charge is 2.30. The molecule has 4 heteroatoms. The lowest BCUT2D eigenvalue weighted by Gasteiger charge is -2.30. The van der Waals surface area contributed by atoms with Gasteiger partial charge in [0.2, 0.25) is 0 Å². The normalized spacial score (nSPS) is 15.2. The predicted octanol–water partition coefficient (Wildman–Crippen LogP) is 2.84. The van der Waals surface area contributed by atoms with E-state index in [1.54, 1.807) is 6.20 Å². The zero-order valence-electron chi connectivity index (χ0n) is 12.8. The Hall–Kier alpha value is -2.10. The van der Waals surface area contributed by atoms with E-state index in [4.69, 9.17) is 0 Å². The molecule has 0 spiro atoms. The van der Waals surface area contributed by atoms with Crippen LogP contribution in [0.25, 0.3) is 0 Å². The molecule has 1 aliphatic heterocycles. The number of hydrogen-bond donors (Lipinski definition) is 0. The fraction of sp³-hybridized carbons (Fsp3) is 0.412. The average molecular weight is 283 g/mol. The van der Waals surface area contributed by atoms with E-state index in [0.29, 0.717) is 6.54 Å². The number of carbonyl (C=O) groups is 1. The molecule has 0 bridgehead atoms. The van der Waals surface area contributed by atoms with Crippen molar-refractivity contribution in [2.24, 2.45) is 0 Å². The van der Waals surface area contributed by atoms with Gasteiger partial charge in [-0.1, -0.05) is 30.3 Å². The van der Waals surface area contributed by atoms with Crippen LogP contribution in [0.4, 0.5) is 0 Å². The molecule has 2 aromatic rings. The molecule has 0 aliphatic carbocycles. The second kappa shape index (κ2) is 5.02. The van der Waals surface area contributed by atoms with Crippen LogP contribution in [-0.2, 0) is 18.5 Å². The smallest absolute Gasteiger partial charge is 0.257 e. The summed E-state index contributed by atoms with van der Waals surface area (Å²) < 4.78 is 1.99. The van der Waals surface area contributed by atoms with Gasteiger partial charge < -0.3 is 4.90 Å². The second-order valence-electron chi connectivity index (χ2n) is 6.55. The van der Waals surface area contributed by atoms with E-state index in [2.05, 4.69) is 38.0 Å². The number of rotatable bonds is 2. The van der Waals surface area contributed by atoms with Crippen LogP contribution in [0.3, 0.4) is 0 Å². The third kappa shape index (κ3) is 2.58. The van der Waals surface area contributed by atoms with Crippen molar-refractivity contribution in [2.45, 2.75) is 39.3 Å². The molecule has 1 aromatic carbocycles. The minimum atomic E-state index is -0.0878. The molecule has 0 fully saturated rings. The summed E-state index contributed by atoms with van der Waals surface area (Å²) in [6, 6.07) is 10.1. The minimum Gasteiger partial charge on any atom is -0.334 e. The zero-order valence-corrected chi connectivity index (χ0v) is 12.8. The van der Waals surface area contributed by atoms with Crippen molar-refractivity contribution in [1.29, 1.82) is 0 Å². The summed E-state index contributed by atoms with van der Waals surface area (Å²) in [5.74, 6) is 0.0932. The Labute approximate surface area is 125 Å². The van der Waals surface area contributed by atoms with Gasteiger partial charge in [-0.25, -0.2) is 0 Å². The third-order valence-corrected chi connectivity index (χ3v) is 3.86. The van der Waals surface area contributed by atoms with Crippen LogP contribution in [0, 0.1) is 0 Å². The topological polar surface area (TPSA) is 38.1 Å². The molecule has 3 rings (SSSR count). The van der Waals surface area contributed by atoms with Gasteiger partial charge in [0.1, 0.15) is 0 Å². The molecule has 0 saturated heterocycles. The van der Waals surface area contributed by atoms with Crippen molar-refractivity contribution in [3.8, 4) is 0 Å². The number of benzene rings is 1. The van der Waals surface area contributed by atoms with Crippen LogP contribution in [0.2, 0.25) is 0 Å². The molecule has 0 atom stereocenters. The summed E-state index contributed by atoms with van der Waals surface area (Å²) in [4.78, 5) is 14.5. The molecule has 1 amide bonds. The molecule has 0 unspecified atom stereocenters. The van der Waals surface area contributed by atoms with Crippen molar-refractivity contribution < 1.29 is 4.79 Å². The maximum absolute atomic E-state index is 12.6. The summed E-state index contributed by atoms with van der Waals surface area (Å²) in [7, 11) is 0. The monoisotopic (exact) mass is 283 g/mol. The molecule has 0 N–H and O–H groups in total. The van der Waals surface area contributed by atoms with Crippen molar-refractivity contribution in [2.75, 3.05) is 6.54 Å². The predicted molar refractivity (Wildman–Crippen MR) is 82.1 cm³/mol. The SMILES string of the molecule is CC(C)(C)n1ncc2c1CCN(Cc1ccccc1)C2=O. The van der Waals surface area contributed by atoms with Gasteiger partial charge >= 0.3 is 0 Å². The van der Waals surface area contributed by atoms with Gasteiger partial charge in [-0.3, -0.25) is 9.48 Å². The number of hydrogen-bond acceptors (Lipinski definition) is 2. The average Bonchev–Trinajstić information content (AvgIpc) is 2.88. The van der Waals surface area contributed by atoms with Crippen molar-refractivity contribution in [3.05, 3.63) is 53.3 Å². The highest BCUT2D eigenvalue weighted by molar-refractivity contribution is 5.96. The maximum Gasteiger partial charge on any atom is 0.257 e. The molecule has 2 heterocycles. The number of nitrogens with zero attached hydrogens (tertiary/aromatic N) is 3. The van der Waals surface area contributed by atoms with E-state index in [1.165, 1.54) is 0 Å². The number of carbonyl (C=O) groups excluding carboxylic acids is 1. The van der Waals surface area contributed by atoms with Gasteiger partial charge in [0.25, 0.3) is 5.91 Å². The molecule has 0 saturated carbocycles. The first-order valence-corrected chi connectivity index (χ1v) is 7.37. The highest BCUT2D eigenvalue weighted by Crippen LogP contribution is 2.25. The maximum atomic E-state index is 12.6. The third-order valence-electron chi connectivity index (χ3n) is 3.86. The van der Waals surface area contributed by atoms with Crippen LogP contribution in [0.15, 0.2) is 36.5 Å². The Kier molecular flexibility index (Phi) is 3.32. The molecule has 110 valence electrons. The zero-order chi connectivity index (χ0) is 15.0. The first kappa shape index (κ1) is 13.9. The lowest BCUT2D eigenvalue weighted by Crippen LogP contribution is -2.38. The molecule has 21 heavy (non-hydrogen) atoms. The summed E-state index contributed by atoms with van der Waals surface area (Å²) >= 11 is 0. The van der Waals surface area contributed by atoms with Gasteiger partial charge in [-0.15, -0.1) is 0 Å². The summed E-state index contributed by atoms with van der Waals surface area (Å²) in [5.41, 5.74) is 2.90. The van der Waals surface area contributed by atoms with Crippen molar-refractivity contribution >= 4 is 5.91 Å². The fourth-order valence-electron chi connectivity index (χ4n) is 2.84. The van der Waals surface area contributed by atoms with Crippen LogP contribution in [0.5, 0.6) is 0 Å². The minimum absolute atomic E-state index is 0.0878. The van der Waals surface area contributed by atoms with E-state index in [9.17, 15) is 4.79 Å². The molecule has 4 nitrogen and oxygen atoms in total. The lowest BCUT2D eigenvalue weighted by atomic mass is 10.0. The Balaban J connectivity index is 1.85. The van der Waals surface area contributed by atoms with Crippen molar-refractivity contribution in [1.82, 2.24) is 14.7 Å². The number of aromatic nitrogens is 2. The second-order valence-corrected chi connectivity index (χ2v) is 6.55. The molecular weight excluding hydrogens is 262 g/mol. The van der Waals surface area contributed by atoms with Gasteiger partial charge in [0.05, 0.1) is 23.0 Å². The van der Waals surface area contributed by atoms with E-state index in [-0.39, 0.29) is 11.4 Å².